The molecule has 162 valence electrons. The summed E-state index contributed by atoms with van der Waals surface area (Å²) in [4.78, 5) is 12.7. The smallest absolute Gasteiger partial charge is 0.406 e. The van der Waals surface area contributed by atoms with E-state index < -0.39 is 28.0 Å². The van der Waals surface area contributed by atoms with Crippen LogP contribution in [0, 0.1) is 6.92 Å². The quantitative estimate of drug-likeness (QED) is 0.748. The summed E-state index contributed by atoms with van der Waals surface area (Å²) in [5.41, 5.74) is 0.744. The van der Waals surface area contributed by atoms with Crippen molar-refractivity contribution in [1.82, 2.24) is 4.31 Å². The molecule has 1 saturated heterocycles. The SMILES string of the molecule is Cc1ccc(S(=O)(=O)N2CCCCC2)cc1C(=O)Nc1cccc(OC(F)(F)F)c1. The number of sulfonamides is 1. The molecule has 0 saturated carbocycles. The molecule has 0 bridgehead atoms. The first-order valence-electron chi connectivity index (χ1n) is 9.34. The molecule has 0 aromatic heterocycles. The standard InChI is InChI=1S/C20H21F3N2O4S/c1-14-8-9-17(30(27,28)25-10-3-2-4-11-25)13-18(14)19(26)24-15-6-5-7-16(12-15)29-20(21,22)23/h5-9,12-13H,2-4,10-11H2,1H3,(H,24,26). The number of nitrogens with one attached hydrogen (secondary N) is 1. The van der Waals surface area contributed by atoms with Gasteiger partial charge in [0.1, 0.15) is 5.75 Å². The van der Waals surface area contributed by atoms with E-state index in [1.807, 2.05) is 0 Å². The Labute approximate surface area is 172 Å². The van der Waals surface area contributed by atoms with Crippen LogP contribution in [0.25, 0.3) is 0 Å². The zero-order valence-corrected chi connectivity index (χ0v) is 17.0. The highest BCUT2D eigenvalue weighted by Crippen LogP contribution is 2.26. The predicted octanol–water partition coefficient (Wildman–Crippen LogP) is 4.32. The Morgan fingerprint density at radius 2 is 1.77 bits per heavy atom. The van der Waals surface area contributed by atoms with Gasteiger partial charge in [-0.25, -0.2) is 8.42 Å². The largest absolute Gasteiger partial charge is 0.573 e. The second-order valence-electron chi connectivity index (χ2n) is 6.97. The van der Waals surface area contributed by atoms with Gasteiger partial charge in [-0.15, -0.1) is 13.2 Å². The first kappa shape index (κ1) is 22.1. The van der Waals surface area contributed by atoms with Crippen molar-refractivity contribution in [3.63, 3.8) is 0 Å². The fraction of sp³-hybridized carbons (Fsp3) is 0.350. The number of hydrogen-bond acceptors (Lipinski definition) is 4. The molecule has 1 heterocycles. The van der Waals surface area contributed by atoms with Gasteiger partial charge >= 0.3 is 6.36 Å². The van der Waals surface area contributed by atoms with E-state index in [1.54, 1.807) is 6.92 Å². The number of aryl methyl sites for hydroxylation is 1. The molecule has 0 atom stereocenters. The van der Waals surface area contributed by atoms with Gasteiger partial charge in [-0.2, -0.15) is 4.31 Å². The van der Waals surface area contributed by atoms with E-state index in [1.165, 1.54) is 34.6 Å². The lowest BCUT2D eigenvalue weighted by molar-refractivity contribution is -0.274. The summed E-state index contributed by atoms with van der Waals surface area (Å²) in [6.45, 7) is 2.52. The van der Waals surface area contributed by atoms with E-state index in [2.05, 4.69) is 10.1 Å². The van der Waals surface area contributed by atoms with Gasteiger partial charge in [0.15, 0.2) is 0 Å². The molecule has 0 aliphatic carbocycles. The number of carbonyl (C=O) groups is 1. The van der Waals surface area contributed by atoms with Gasteiger partial charge in [-0.1, -0.05) is 18.6 Å². The monoisotopic (exact) mass is 442 g/mol. The predicted molar refractivity (Wildman–Crippen MR) is 105 cm³/mol. The van der Waals surface area contributed by atoms with Gasteiger partial charge in [0.05, 0.1) is 4.90 Å². The van der Waals surface area contributed by atoms with E-state index in [4.69, 9.17) is 0 Å². The highest BCUT2D eigenvalue weighted by molar-refractivity contribution is 7.89. The van der Waals surface area contributed by atoms with Crippen LogP contribution in [0.4, 0.5) is 18.9 Å². The minimum atomic E-state index is -4.85. The van der Waals surface area contributed by atoms with Crippen LogP contribution in [0.2, 0.25) is 0 Å². The van der Waals surface area contributed by atoms with Crippen LogP contribution < -0.4 is 10.1 Å². The Hall–Kier alpha value is -2.59. The lowest BCUT2D eigenvalue weighted by Crippen LogP contribution is -2.35. The summed E-state index contributed by atoms with van der Waals surface area (Å²) >= 11 is 0. The minimum Gasteiger partial charge on any atom is -0.406 e. The van der Waals surface area contributed by atoms with Crippen LogP contribution in [-0.4, -0.2) is 38.1 Å². The van der Waals surface area contributed by atoms with Crippen molar-refractivity contribution in [1.29, 1.82) is 0 Å². The normalized spacial score (nSPS) is 15.6. The average Bonchev–Trinajstić information content (AvgIpc) is 2.67. The number of nitrogens with zero attached hydrogens (tertiary/aromatic N) is 1. The lowest BCUT2D eigenvalue weighted by Gasteiger charge is -2.26. The molecule has 6 nitrogen and oxygen atoms in total. The van der Waals surface area contributed by atoms with Crippen LogP contribution in [-0.2, 0) is 10.0 Å². The Bertz CT molecular complexity index is 1030. The summed E-state index contributed by atoms with van der Waals surface area (Å²) in [6.07, 6.45) is -2.30. The van der Waals surface area contributed by atoms with Crippen LogP contribution >= 0.6 is 0 Å². The molecule has 2 aromatic rings. The number of rotatable bonds is 5. The Morgan fingerprint density at radius 3 is 2.43 bits per heavy atom. The van der Waals surface area contributed by atoms with Crippen molar-refractivity contribution in [2.24, 2.45) is 0 Å². The van der Waals surface area contributed by atoms with E-state index in [-0.39, 0.29) is 16.1 Å². The second-order valence-corrected chi connectivity index (χ2v) is 8.91. The van der Waals surface area contributed by atoms with Crippen molar-refractivity contribution >= 4 is 21.6 Å². The van der Waals surface area contributed by atoms with Gasteiger partial charge in [-0.05, 0) is 49.6 Å². The van der Waals surface area contributed by atoms with Gasteiger partial charge in [0, 0.05) is 30.4 Å². The third-order valence-electron chi connectivity index (χ3n) is 4.73. The number of ether oxygens (including phenoxy) is 1. The highest BCUT2D eigenvalue weighted by atomic mass is 32.2. The first-order chi connectivity index (χ1) is 14.1. The molecule has 1 fully saturated rings. The zero-order valence-electron chi connectivity index (χ0n) is 16.2. The number of anilines is 1. The Kier molecular flexibility index (Phi) is 6.37. The van der Waals surface area contributed by atoms with Crippen molar-refractivity contribution in [2.75, 3.05) is 18.4 Å². The highest BCUT2D eigenvalue weighted by Gasteiger charge is 2.31. The summed E-state index contributed by atoms with van der Waals surface area (Å²) in [6, 6.07) is 9.15. The molecule has 1 N–H and O–H groups in total. The maximum atomic E-state index is 12.9. The summed E-state index contributed by atoms with van der Waals surface area (Å²) < 4.78 is 68.2. The molecule has 10 heteroatoms. The maximum absolute atomic E-state index is 12.9. The Morgan fingerprint density at radius 1 is 1.07 bits per heavy atom. The van der Waals surface area contributed by atoms with E-state index in [0.29, 0.717) is 18.7 Å². The molecule has 0 unspecified atom stereocenters. The summed E-state index contributed by atoms with van der Waals surface area (Å²) in [5, 5.41) is 2.49. The van der Waals surface area contributed by atoms with Crippen molar-refractivity contribution in [3.8, 4) is 5.75 Å². The molecule has 1 aliphatic rings. The first-order valence-corrected chi connectivity index (χ1v) is 10.8. The summed E-state index contributed by atoms with van der Waals surface area (Å²) in [5.74, 6) is -1.11. The van der Waals surface area contributed by atoms with Crippen LogP contribution in [0.1, 0.15) is 35.2 Å². The molecular formula is C20H21F3N2O4S. The Balaban J connectivity index is 1.83. The van der Waals surface area contributed by atoms with Crippen LogP contribution in [0.5, 0.6) is 5.75 Å². The van der Waals surface area contributed by atoms with Crippen LogP contribution in [0.15, 0.2) is 47.4 Å². The molecule has 2 aromatic carbocycles. The lowest BCUT2D eigenvalue weighted by atomic mass is 10.1. The third kappa shape index (κ3) is 5.31. The molecule has 1 aliphatic heterocycles. The van der Waals surface area contributed by atoms with Crippen molar-refractivity contribution in [3.05, 3.63) is 53.6 Å². The van der Waals surface area contributed by atoms with Gasteiger partial charge in [0.25, 0.3) is 5.91 Å². The second kappa shape index (κ2) is 8.65. The number of piperidine rings is 1. The van der Waals surface area contributed by atoms with Crippen LogP contribution in [0.3, 0.4) is 0 Å². The van der Waals surface area contributed by atoms with Gasteiger partial charge in [-0.3, -0.25) is 4.79 Å². The van der Waals surface area contributed by atoms with E-state index in [0.717, 1.165) is 31.4 Å². The number of amides is 1. The third-order valence-corrected chi connectivity index (χ3v) is 6.63. The average molecular weight is 442 g/mol. The van der Waals surface area contributed by atoms with E-state index in [9.17, 15) is 26.4 Å². The number of benzene rings is 2. The van der Waals surface area contributed by atoms with Crippen molar-refractivity contribution in [2.45, 2.75) is 37.4 Å². The van der Waals surface area contributed by atoms with Gasteiger partial charge in [0.2, 0.25) is 10.0 Å². The molecular weight excluding hydrogens is 421 g/mol. The summed E-state index contributed by atoms with van der Waals surface area (Å²) in [7, 11) is -3.73. The molecule has 0 radical (unpaired) electrons. The molecule has 0 spiro atoms. The number of halogens is 3. The minimum absolute atomic E-state index is 0.00862. The fourth-order valence-electron chi connectivity index (χ4n) is 3.23. The number of hydrogen-bond donors (Lipinski definition) is 1. The maximum Gasteiger partial charge on any atom is 0.573 e. The fourth-order valence-corrected chi connectivity index (χ4v) is 4.77. The number of alkyl halides is 3. The zero-order chi connectivity index (χ0) is 21.9. The van der Waals surface area contributed by atoms with Gasteiger partial charge < -0.3 is 10.1 Å². The van der Waals surface area contributed by atoms with E-state index >= 15 is 0 Å². The number of carbonyl (C=O) groups excluding carboxylic acids is 1. The topological polar surface area (TPSA) is 75.7 Å². The van der Waals surface area contributed by atoms with Crippen molar-refractivity contribution < 1.29 is 31.1 Å². The molecule has 1 amide bonds. The molecule has 3 rings (SSSR count). The molecule has 30 heavy (non-hydrogen) atoms.